The van der Waals surface area contributed by atoms with E-state index in [0.29, 0.717) is 6.54 Å². The van der Waals surface area contributed by atoms with Crippen LogP contribution in [0.3, 0.4) is 0 Å². The van der Waals surface area contributed by atoms with Crippen LogP contribution in [0.25, 0.3) is 0 Å². The predicted octanol–water partition coefficient (Wildman–Crippen LogP) is 2.12. The first-order valence-corrected chi connectivity index (χ1v) is 6.84. The smallest absolute Gasteiger partial charge is 0.315 e. The van der Waals surface area contributed by atoms with E-state index in [4.69, 9.17) is 5.11 Å². The lowest BCUT2D eigenvalue weighted by Gasteiger charge is -2.17. The molecule has 2 amide bonds. The molecule has 3 N–H and O–H groups in total. The molecule has 1 unspecified atom stereocenters. The van der Waals surface area contributed by atoms with Gasteiger partial charge in [0.05, 0.1) is 0 Å². The van der Waals surface area contributed by atoms with Crippen LogP contribution in [0.15, 0.2) is 0 Å². The molecule has 0 heterocycles. The van der Waals surface area contributed by atoms with Gasteiger partial charge in [0.1, 0.15) is 0 Å². The molecule has 0 saturated heterocycles. The van der Waals surface area contributed by atoms with Gasteiger partial charge in [0.2, 0.25) is 0 Å². The molecule has 18 heavy (non-hydrogen) atoms. The molecule has 0 aromatic carbocycles. The second kappa shape index (κ2) is 7.95. The monoisotopic (exact) mass is 256 g/mol. The molecule has 1 rings (SSSR count). The minimum Gasteiger partial charge on any atom is -0.481 e. The van der Waals surface area contributed by atoms with E-state index < -0.39 is 5.97 Å². The lowest BCUT2D eigenvalue weighted by atomic mass is 10.1. The maximum absolute atomic E-state index is 11.6. The van der Waals surface area contributed by atoms with E-state index in [1.54, 1.807) is 0 Å². The number of nitrogens with one attached hydrogen (secondary N) is 2. The highest BCUT2D eigenvalue weighted by molar-refractivity contribution is 5.74. The Hall–Kier alpha value is -1.26. The van der Waals surface area contributed by atoms with E-state index in [-0.39, 0.29) is 24.4 Å². The SMILES string of the molecule is CC(CNC(=O)NC1CCCCCC1)CC(=O)O. The molecule has 0 aromatic rings. The number of carboxylic acid groups (broad SMARTS) is 1. The summed E-state index contributed by atoms with van der Waals surface area (Å²) >= 11 is 0. The number of aliphatic carboxylic acids is 1. The molecule has 0 aliphatic heterocycles. The molecule has 5 heteroatoms. The van der Waals surface area contributed by atoms with Gasteiger partial charge in [-0.2, -0.15) is 0 Å². The zero-order chi connectivity index (χ0) is 13.4. The standard InChI is InChI=1S/C13H24N2O3/c1-10(8-12(16)17)9-14-13(18)15-11-6-4-2-3-5-7-11/h10-11H,2-9H2,1H3,(H,16,17)(H2,14,15,18). The fourth-order valence-corrected chi connectivity index (χ4v) is 2.30. The minimum absolute atomic E-state index is 0.0395. The van der Waals surface area contributed by atoms with Crippen LogP contribution in [0.4, 0.5) is 4.79 Å². The van der Waals surface area contributed by atoms with Gasteiger partial charge in [0.25, 0.3) is 0 Å². The summed E-state index contributed by atoms with van der Waals surface area (Å²) in [5.74, 6) is -0.865. The van der Waals surface area contributed by atoms with Crippen molar-refractivity contribution in [2.75, 3.05) is 6.54 Å². The Labute approximate surface area is 108 Å². The molecule has 0 radical (unpaired) electrons. The highest BCUT2D eigenvalue weighted by Gasteiger charge is 2.15. The van der Waals surface area contributed by atoms with E-state index in [0.717, 1.165) is 12.8 Å². The maximum atomic E-state index is 11.6. The topological polar surface area (TPSA) is 78.4 Å². The van der Waals surface area contributed by atoms with Gasteiger partial charge in [-0.1, -0.05) is 32.6 Å². The number of carboxylic acids is 1. The number of hydrogen-bond donors (Lipinski definition) is 3. The van der Waals surface area contributed by atoms with Crippen LogP contribution in [0.5, 0.6) is 0 Å². The third-order valence-electron chi connectivity index (χ3n) is 3.32. The average molecular weight is 256 g/mol. The Kier molecular flexibility index (Phi) is 6.54. The first-order valence-electron chi connectivity index (χ1n) is 6.84. The molecule has 5 nitrogen and oxygen atoms in total. The number of rotatable bonds is 5. The van der Waals surface area contributed by atoms with Crippen LogP contribution in [0.1, 0.15) is 51.9 Å². The summed E-state index contributed by atoms with van der Waals surface area (Å²) in [5, 5.41) is 14.3. The van der Waals surface area contributed by atoms with Gasteiger partial charge in [0.15, 0.2) is 0 Å². The van der Waals surface area contributed by atoms with Gasteiger partial charge in [-0.25, -0.2) is 4.79 Å². The second-order valence-corrected chi connectivity index (χ2v) is 5.25. The number of carbonyl (C=O) groups is 2. The second-order valence-electron chi connectivity index (χ2n) is 5.25. The normalized spacial score (nSPS) is 18.7. The van der Waals surface area contributed by atoms with E-state index in [1.807, 2.05) is 6.92 Å². The average Bonchev–Trinajstić information content (AvgIpc) is 2.54. The minimum atomic E-state index is -0.825. The summed E-state index contributed by atoms with van der Waals surface area (Å²) < 4.78 is 0. The summed E-state index contributed by atoms with van der Waals surface area (Å²) in [6, 6.07) is 0.112. The van der Waals surface area contributed by atoms with Gasteiger partial charge in [-0.3, -0.25) is 4.79 Å². The lowest BCUT2D eigenvalue weighted by molar-refractivity contribution is -0.137. The quantitative estimate of drug-likeness (QED) is 0.659. The van der Waals surface area contributed by atoms with Crippen molar-refractivity contribution < 1.29 is 14.7 Å². The molecular formula is C13H24N2O3. The molecule has 1 atom stereocenters. The molecule has 0 bridgehead atoms. The first kappa shape index (κ1) is 14.8. The Bertz CT molecular complexity index is 273. The molecular weight excluding hydrogens is 232 g/mol. The van der Waals surface area contributed by atoms with Crippen LogP contribution in [-0.4, -0.2) is 29.7 Å². The summed E-state index contributed by atoms with van der Waals surface area (Å²) in [5.41, 5.74) is 0. The van der Waals surface area contributed by atoms with Gasteiger partial charge in [0, 0.05) is 19.0 Å². The van der Waals surface area contributed by atoms with Crippen molar-refractivity contribution in [1.29, 1.82) is 0 Å². The Morgan fingerprint density at radius 1 is 1.22 bits per heavy atom. The summed E-state index contributed by atoms with van der Waals surface area (Å²) in [6.07, 6.45) is 7.07. The van der Waals surface area contributed by atoms with Crippen LogP contribution >= 0.6 is 0 Å². The highest BCUT2D eigenvalue weighted by Crippen LogP contribution is 2.16. The van der Waals surface area contributed by atoms with Gasteiger partial charge < -0.3 is 15.7 Å². The van der Waals surface area contributed by atoms with Gasteiger partial charge >= 0.3 is 12.0 Å². The number of amides is 2. The molecule has 0 aromatic heterocycles. The molecule has 0 spiro atoms. The van der Waals surface area contributed by atoms with Crippen molar-refractivity contribution >= 4 is 12.0 Å². The highest BCUT2D eigenvalue weighted by atomic mass is 16.4. The number of carbonyl (C=O) groups excluding carboxylic acids is 1. The van der Waals surface area contributed by atoms with Crippen molar-refractivity contribution in [3.63, 3.8) is 0 Å². The van der Waals surface area contributed by atoms with E-state index in [9.17, 15) is 9.59 Å². The number of hydrogen-bond acceptors (Lipinski definition) is 2. The zero-order valence-electron chi connectivity index (χ0n) is 11.1. The van der Waals surface area contributed by atoms with Crippen molar-refractivity contribution in [3.8, 4) is 0 Å². The summed E-state index contributed by atoms with van der Waals surface area (Å²) in [7, 11) is 0. The third kappa shape index (κ3) is 6.47. The fourth-order valence-electron chi connectivity index (χ4n) is 2.30. The van der Waals surface area contributed by atoms with Crippen LogP contribution in [0, 0.1) is 5.92 Å². The maximum Gasteiger partial charge on any atom is 0.315 e. The fraction of sp³-hybridized carbons (Fsp3) is 0.846. The largest absolute Gasteiger partial charge is 0.481 e. The Morgan fingerprint density at radius 2 is 1.83 bits per heavy atom. The molecule has 1 aliphatic carbocycles. The number of urea groups is 1. The van der Waals surface area contributed by atoms with E-state index in [1.165, 1.54) is 25.7 Å². The van der Waals surface area contributed by atoms with Gasteiger partial charge in [-0.15, -0.1) is 0 Å². The lowest BCUT2D eigenvalue weighted by Crippen LogP contribution is -2.43. The predicted molar refractivity (Wildman–Crippen MR) is 69.4 cm³/mol. The van der Waals surface area contributed by atoms with E-state index in [2.05, 4.69) is 10.6 Å². The van der Waals surface area contributed by atoms with Crippen LogP contribution in [-0.2, 0) is 4.79 Å². The Balaban J connectivity index is 2.17. The van der Waals surface area contributed by atoms with Crippen molar-refractivity contribution in [3.05, 3.63) is 0 Å². The first-order chi connectivity index (χ1) is 8.58. The summed E-state index contributed by atoms with van der Waals surface area (Å²) in [4.78, 5) is 22.1. The van der Waals surface area contributed by atoms with Crippen LogP contribution < -0.4 is 10.6 Å². The van der Waals surface area contributed by atoms with E-state index >= 15 is 0 Å². The molecule has 1 fully saturated rings. The third-order valence-corrected chi connectivity index (χ3v) is 3.32. The van der Waals surface area contributed by atoms with Crippen molar-refractivity contribution in [1.82, 2.24) is 10.6 Å². The summed E-state index contributed by atoms with van der Waals surface area (Å²) in [6.45, 7) is 2.23. The van der Waals surface area contributed by atoms with Crippen LogP contribution in [0.2, 0.25) is 0 Å². The van der Waals surface area contributed by atoms with Crippen molar-refractivity contribution in [2.24, 2.45) is 5.92 Å². The van der Waals surface area contributed by atoms with Crippen molar-refractivity contribution in [2.45, 2.75) is 57.9 Å². The zero-order valence-corrected chi connectivity index (χ0v) is 11.1. The molecule has 104 valence electrons. The Morgan fingerprint density at radius 3 is 2.39 bits per heavy atom. The van der Waals surface area contributed by atoms with Gasteiger partial charge in [-0.05, 0) is 18.8 Å². The molecule has 1 aliphatic rings. The molecule has 1 saturated carbocycles.